The monoisotopic (exact) mass is 300 g/mol. The molecule has 3 aromatic rings. The molecule has 0 fully saturated rings. The van der Waals surface area contributed by atoms with Gasteiger partial charge in [0.15, 0.2) is 0 Å². The van der Waals surface area contributed by atoms with E-state index in [1.165, 1.54) is 5.52 Å². The molecule has 0 amide bonds. The molecule has 2 aromatic heterocycles. The maximum absolute atomic E-state index is 4.75. The van der Waals surface area contributed by atoms with Crippen LogP contribution in [0.1, 0.15) is 16.5 Å². The van der Waals surface area contributed by atoms with Gasteiger partial charge in [0.1, 0.15) is 5.82 Å². The summed E-state index contributed by atoms with van der Waals surface area (Å²) in [6, 6.07) is 8.62. The minimum Gasteiger partial charge on any atom is -0.331 e. The molecule has 1 aromatic carbocycles. The number of hydrogen-bond acceptors (Lipinski definition) is 4. The second-order valence-electron chi connectivity index (χ2n) is 5.33. The van der Waals surface area contributed by atoms with Gasteiger partial charge < -0.3 is 9.88 Å². The van der Waals surface area contributed by atoms with Crippen LogP contribution in [0.4, 0.5) is 0 Å². The van der Waals surface area contributed by atoms with E-state index in [9.17, 15) is 0 Å². The van der Waals surface area contributed by atoms with Crippen molar-refractivity contribution < 1.29 is 0 Å². The molecule has 4 nitrogen and oxygen atoms in total. The molecule has 0 aliphatic heterocycles. The Morgan fingerprint density at radius 3 is 2.71 bits per heavy atom. The average Bonchev–Trinajstić information content (AvgIpc) is 3.03. The number of aryl methyl sites for hydroxylation is 2. The van der Waals surface area contributed by atoms with E-state index in [4.69, 9.17) is 4.98 Å². The van der Waals surface area contributed by atoms with Crippen molar-refractivity contribution in [3.63, 3.8) is 0 Å². The van der Waals surface area contributed by atoms with E-state index in [2.05, 4.69) is 45.5 Å². The Morgan fingerprint density at radius 1 is 1.24 bits per heavy atom. The lowest BCUT2D eigenvalue weighted by Crippen LogP contribution is -2.31. The number of thiazole rings is 1. The molecule has 0 saturated carbocycles. The second kappa shape index (κ2) is 5.95. The molecule has 0 aliphatic carbocycles. The van der Waals surface area contributed by atoms with E-state index >= 15 is 0 Å². The standard InChI is InChI=1S/C16H20N4S/c1-11-18-13(10-21-11)8-12(17-2)9-16-19-14-6-4-5-7-15(14)20(16)3/h4-7,10,12,17H,8-9H2,1-3H3. The van der Waals surface area contributed by atoms with Crippen LogP contribution in [-0.4, -0.2) is 27.6 Å². The van der Waals surface area contributed by atoms with Crippen molar-refractivity contribution in [2.24, 2.45) is 7.05 Å². The van der Waals surface area contributed by atoms with Crippen molar-refractivity contribution in [2.45, 2.75) is 25.8 Å². The normalized spacial score (nSPS) is 12.9. The fraction of sp³-hybridized carbons (Fsp3) is 0.375. The van der Waals surface area contributed by atoms with Crippen molar-refractivity contribution in [1.29, 1.82) is 0 Å². The molecular formula is C16H20N4S. The summed E-state index contributed by atoms with van der Waals surface area (Å²) in [7, 11) is 4.09. The van der Waals surface area contributed by atoms with Crippen LogP contribution in [0, 0.1) is 6.92 Å². The molecule has 1 N–H and O–H groups in total. The summed E-state index contributed by atoms with van der Waals surface area (Å²) in [6.45, 7) is 2.05. The predicted molar refractivity (Wildman–Crippen MR) is 87.8 cm³/mol. The van der Waals surface area contributed by atoms with Crippen LogP contribution in [0.3, 0.4) is 0 Å². The number of fused-ring (bicyclic) bond motifs is 1. The lowest BCUT2D eigenvalue weighted by Gasteiger charge is -2.14. The molecule has 1 unspecified atom stereocenters. The zero-order chi connectivity index (χ0) is 14.8. The van der Waals surface area contributed by atoms with E-state index in [0.29, 0.717) is 6.04 Å². The van der Waals surface area contributed by atoms with Gasteiger partial charge in [-0.25, -0.2) is 9.97 Å². The number of nitrogens with one attached hydrogen (secondary N) is 1. The highest BCUT2D eigenvalue weighted by atomic mass is 32.1. The summed E-state index contributed by atoms with van der Waals surface area (Å²) >= 11 is 1.71. The number of imidazole rings is 1. The van der Waals surface area contributed by atoms with Crippen LogP contribution in [0.5, 0.6) is 0 Å². The van der Waals surface area contributed by atoms with Gasteiger partial charge in [-0.05, 0) is 26.1 Å². The summed E-state index contributed by atoms with van der Waals surface area (Å²) in [5.41, 5.74) is 3.41. The van der Waals surface area contributed by atoms with Crippen LogP contribution in [0.2, 0.25) is 0 Å². The van der Waals surface area contributed by atoms with Gasteiger partial charge in [0.2, 0.25) is 0 Å². The topological polar surface area (TPSA) is 42.7 Å². The van der Waals surface area contributed by atoms with Gasteiger partial charge in [-0.3, -0.25) is 0 Å². The number of nitrogens with zero attached hydrogens (tertiary/aromatic N) is 3. The molecule has 1 atom stereocenters. The molecule has 21 heavy (non-hydrogen) atoms. The predicted octanol–water partition coefficient (Wildman–Crippen LogP) is 2.71. The lowest BCUT2D eigenvalue weighted by molar-refractivity contribution is 0.531. The van der Waals surface area contributed by atoms with Crippen LogP contribution in [0.15, 0.2) is 29.6 Å². The summed E-state index contributed by atoms with van der Waals surface area (Å²) < 4.78 is 2.19. The molecule has 0 aliphatic rings. The lowest BCUT2D eigenvalue weighted by atomic mass is 10.1. The number of rotatable bonds is 5. The van der Waals surface area contributed by atoms with E-state index in [1.807, 2.05) is 20.0 Å². The minimum absolute atomic E-state index is 0.349. The quantitative estimate of drug-likeness (QED) is 0.788. The molecule has 5 heteroatoms. The third-order valence-electron chi connectivity index (χ3n) is 3.84. The van der Waals surface area contributed by atoms with Crippen molar-refractivity contribution in [2.75, 3.05) is 7.05 Å². The number of para-hydroxylation sites is 2. The number of hydrogen-bond donors (Lipinski definition) is 1. The molecule has 0 spiro atoms. The fourth-order valence-electron chi connectivity index (χ4n) is 2.63. The minimum atomic E-state index is 0.349. The van der Waals surface area contributed by atoms with Gasteiger partial charge >= 0.3 is 0 Å². The molecule has 2 heterocycles. The smallest absolute Gasteiger partial charge is 0.111 e. The number of likely N-dealkylation sites (N-methyl/N-ethyl adjacent to an activating group) is 1. The Hall–Kier alpha value is -1.72. The van der Waals surface area contributed by atoms with Gasteiger partial charge in [0.25, 0.3) is 0 Å². The summed E-state index contributed by atoms with van der Waals surface area (Å²) in [5, 5.41) is 6.67. The molecule has 3 rings (SSSR count). The van der Waals surface area contributed by atoms with Crippen LogP contribution in [-0.2, 0) is 19.9 Å². The van der Waals surface area contributed by atoms with E-state index in [0.717, 1.165) is 34.9 Å². The van der Waals surface area contributed by atoms with Gasteiger partial charge in [-0.2, -0.15) is 0 Å². The van der Waals surface area contributed by atoms with Gasteiger partial charge in [-0.1, -0.05) is 12.1 Å². The zero-order valence-electron chi connectivity index (χ0n) is 12.6. The first-order valence-corrected chi connectivity index (χ1v) is 8.04. The van der Waals surface area contributed by atoms with E-state index in [1.54, 1.807) is 11.3 Å². The third kappa shape index (κ3) is 2.99. The molecule has 110 valence electrons. The van der Waals surface area contributed by atoms with Crippen molar-refractivity contribution in [3.8, 4) is 0 Å². The highest BCUT2D eigenvalue weighted by molar-refractivity contribution is 7.09. The average molecular weight is 300 g/mol. The maximum Gasteiger partial charge on any atom is 0.111 e. The zero-order valence-corrected chi connectivity index (χ0v) is 13.4. The highest BCUT2D eigenvalue weighted by Gasteiger charge is 2.15. The summed E-state index contributed by atoms with van der Waals surface area (Å²) in [6.07, 6.45) is 1.84. The molecule has 0 radical (unpaired) electrons. The highest BCUT2D eigenvalue weighted by Crippen LogP contribution is 2.17. The first kappa shape index (κ1) is 14.2. The Morgan fingerprint density at radius 2 is 2.05 bits per heavy atom. The Labute approximate surface area is 128 Å². The Balaban J connectivity index is 1.80. The largest absolute Gasteiger partial charge is 0.331 e. The molecule has 0 saturated heterocycles. The van der Waals surface area contributed by atoms with Crippen LogP contribution < -0.4 is 5.32 Å². The Kier molecular flexibility index (Phi) is 4.03. The first-order chi connectivity index (χ1) is 10.2. The SMILES string of the molecule is CNC(Cc1csc(C)n1)Cc1nc2ccccc2n1C. The maximum atomic E-state index is 4.75. The Bertz CT molecular complexity index is 744. The van der Waals surface area contributed by atoms with Crippen molar-refractivity contribution >= 4 is 22.4 Å². The van der Waals surface area contributed by atoms with E-state index < -0.39 is 0 Å². The van der Waals surface area contributed by atoms with Crippen molar-refractivity contribution in [1.82, 2.24) is 19.9 Å². The van der Waals surface area contributed by atoms with Crippen LogP contribution in [0.25, 0.3) is 11.0 Å². The number of aromatic nitrogens is 3. The van der Waals surface area contributed by atoms with Crippen molar-refractivity contribution in [3.05, 3.63) is 46.2 Å². The number of benzene rings is 1. The summed E-state index contributed by atoms with van der Waals surface area (Å²) in [4.78, 5) is 9.31. The van der Waals surface area contributed by atoms with Crippen LogP contribution >= 0.6 is 11.3 Å². The summed E-state index contributed by atoms with van der Waals surface area (Å²) in [5.74, 6) is 1.11. The van der Waals surface area contributed by atoms with Gasteiger partial charge in [-0.15, -0.1) is 11.3 Å². The fourth-order valence-corrected chi connectivity index (χ4v) is 3.25. The van der Waals surface area contributed by atoms with E-state index in [-0.39, 0.29) is 0 Å². The molecular weight excluding hydrogens is 280 g/mol. The first-order valence-electron chi connectivity index (χ1n) is 7.16. The van der Waals surface area contributed by atoms with Gasteiger partial charge in [0.05, 0.1) is 21.7 Å². The second-order valence-corrected chi connectivity index (χ2v) is 6.39. The molecule has 0 bridgehead atoms. The van der Waals surface area contributed by atoms with Gasteiger partial charge in [0, 0.05) is 31.3 Å². The third-order valence-corrected chi connectivity index (χ3v) is 4.66.